The van der Waals surface area contributed by atoms with Crippen LogP contribution in [0.2, 0.25) is 10.0 Å². The Kier molecular flexibility index (Phi) is 4.09. The molecule has 5 nitrogen and oxygen atoms in total. The van der Waals surface area contributed by atoms with Gasteiger partial charge in [0.15, 0.2) is 0 Å². The van der Waals surface area contributed by atoms with Crippen molar-refractivity contribution in [1.82, 2.24) is 9.66 Å². The van der Waals surface area contributed by atoms with Crippen LogP contribution < -0.4 is 11.0 Å². The van der Waals surface area contributed by atoms with Crippen LogP contribution in [0.1, 0.15) is 16.2 Å². The van der Waals surface area contributed by atoms with E-state index in [9.17, 15) is 14.0 Å². The summed E-state index contributed by atoms with van der Waals surface area (Å²) in [6.07, 6.45) is 0. The predicted octanol–water partition coefficient (Wildman–Crippen LogP) is 3.60. The fourth-order valence-electron chi connectivity index (χ4n) is 2.01. The molecule has 118 valence electrons. The molecule has 23 heavy (non-hydrogen) atoms. The van der Waals surface area contributed by atoms with Gasteiger partial charge >= 0.3 is 0 Å². The monoisotopic (exact) mass is 371 g/mol. The van der Waals surface area contributed by atoms with Crippen molar-refractivity contribution in [2.75, 3.05) is 5.43 Å². The summed E-state index contributed by atoms with van der Waals surface area (Å²) in [6, 6.07) is 3.66. The molecular formula is C14H8Cl2FN3O2S. The van der Waals surface area contributed by atoms with E-state index >= 15 is 0 Å². The Morgan fingerprint density at radius 2 is 2.09 bits per heavy atom. The third-order valence-electron chi connectivity index (χ3n) is 3.13. The minimum Gasteiger partial charge on any atom is -0.267 e. The molecule has 0 bridgehead atoms. The summed E-state index contributed by atoms with van der Waals surface area (Å²) in [5.74, 6) is -1.23. The van der Waals surface area contributed by atoms with Gasteiger partial charge in [0, 0.05) is 0 Å². The molecule has 1 amide bonds. The highest BCUT2D eigenvalue weighted by Gasteiger charge is 2.17. The van der Waals surface area contributed by atoms with Crippen molar-refractivity contribution < 1.29 is 9.18 Å². The van der Waals surface area contributed by atoms with Crippen LogP contribution >= 0.6 is 34.5 Å². The van der Waals surface area contributed by atoms with Crippen molar-refractivity contribution in [3.63, 3.8) is 0 Å². The highest BCUT2D eigenvalue weighted by molar-refractivity contribution is 7.16. The molecule has 0 fully saturated rings. The second kappa shape index (κ2) is 5.92. The number of rotatable bonds is 2. The summed E-state index contributed by atoms with van der Waals surface area (Å²) in [6.45, 7) is 1.57. The van der Waals surface area contributed by atoms with Crippen LogP contribution in [0, 0.1) is 12.7 Å². The zero-order valence-electron chi connectivity index (χ0n) is 11.6. The lowest BCUT2D eigenvalue weighted by molar-refractivity contribution is 0.101. The number of fused-ring (bicyclic) bond motifs is 1. The number of aryl methyl sites for hydroxylation is 1. The van der Waals surface area contributed by atoms with Crippen LogP contribution in [0.25, 0.3) is 10.2 Å². The average molecular weight is 372 g/mol. The molecule has 3 aromatic rings. The van der Waals surface area contributed by atoms with Crippen LogP contribution in [0.5, 0.6) is 0 Å². The largest absolute Gasteiger partial charge is 0.281 e. The van der Waals surface area contributed by atoms with Gasteiger partial charge in [-0.2, -0.15) is 0 Å². The number of nitrogens with one attached hydrogen (secondary N) is 1. The first-order valence-electron chi connectivity index (χ1n) is 6.31. The normalized spacial score (nSPS) is 11.0. The van der Waals surface area contributed by atoms with Gasteiger partial charge in [-0.25, -0.2) is 14.1 Å². The van der Waals surface area contributed by atoms with E-state index < -0.39 is 17.3 Å². The Balaban J connectivity index is 2.04. The molecule has 2 aromatic heterocycles. The van der Waals surface area contributed by atoms with Gasteiger partial charge in [0.1, 0.15) is 16.5 Å². The van der Waals surface area contributed by atoms with E-state index in [-0.39, 0.29) is 15.6 Å². The van der Waals surface area contributed by atoms with Gasteiger partial charge in [0.2, 0.25) is 0 Å². The molecule has 0 unspecified atom stereocenters. The molecule has 0 aliphatic rings. The van der Waals surface area contributed by atoms with Crippen molar-refractivity contribution in [3.05, 3.63) is 61.2 Å². The molecule has 1 N–H and O–H groups in total. The van der Waals surface area contributed by atoms with Gasteiger partial charge in [-0.3, -0.25) is 15.0 Å². The summed E-state index contributed by atoms with van der Waals surface area (Å²) < 4.78 is 14.5. The van der Waals surface area contributed by atoms with Gasteiger partial charge < -0.3 is 0 Å². The summed E-state index contributed by atoms with van der Waals surface area (Å²) >= 11 is 12.8. The maximum Gasteiger partial charge on any atom is 0.281 e. The molecule has 2 heterocycles. The number of carbonyl (C=O) groups excluding carboxylic acids is 1. The number of amides is 1. The Morgan fingerprint density at radius 1 is 1.35 bits per heavy atom. The van der Waals surface area contributed by atoms with Crippen molar-refractivity contribution in [1.29, 1.82) is 0 Å². The van der Waals surface area contributed by atoms with Crippen LogP contribution in [-0.4, -0.2) is 15.6 Å². The second-order valence-electron chi connectivity index (χ2n) is 4.63. The van der Waals surface area contributed by atoms with E-state index in [1.54, 1.807) is 18.4 Å². The topological polar surface area (TPSA) is 64.0 Å². The van der Waals surface area contributed by atoms with Gasteiger partial charge in [0.25, 0.3) is 11.5 Å². The van der Waals surface area contributed by atoms with E-state index in [2.05, 4.69) is 10.4 Å². The molecule has 0 spiro atoms. The van der Waals surface area contributed by atoms with Crippen LogP contribution in [0.15, 0.2) is 28.4 Å². The number of hydrogen-bond acceptors (Lipinski definition) is 4. The number of carbonyl (C=O) groups is 1. The summed E-state index contributed by atoms with van der Waals surface area (Å²) in [7, 11) is 0. The van der Waals surface area contributed by atoms with Gasteiger partial charge in [-0.15, -0.1) is 11.3 Å². The Morgan fingerprint density at radius 3 is 2.83 bits per heavy atom. The van der Waals surface area contributed by atoms with E-state index in [4.69, 9.17) is 23.2 Å². The number of thiophene rings is 1. The molecule has 0 atom stereocenters. The average Bonchev–Trinajstić information content (AvgIpc) is 2.95. The smallest absolute Gasteiger partial charge is 0.267 e. The molecule has 0 saturated carbocycles. The van der Waals surface area contributed by atoms with Crippen LogP contribution in [0.3, 0.4) is 0 Å². The van der Waals surface area contributed by atoms with E-state index in [0.29, 0.717) is 16.0 Å². The number of halogens is 3. The maximum absolute atomic E-state index is 13.5. The van der Waals surface area contributed by atoms with Crippen molar-refractivity contribution in [2.45, 2.75) is 6.92 Å². The number of benzene rings is 1. The third-order valence-corrected chi connectivity index (χ3v) is 4.54. The van der Waals surface area contributed by atoms with Crippen molar-refractivity contribution >= 4 is 50.7 Å². The Bertz CT molecular complexity index is 1000. The highest BCUT2D eigenvalue weighted by Crippen LogP contribution is 2.24. The summed E-state index contributed by atoms with van der Waals surface area (Å²) in [5, 5.41) is 1.90. The lowest BCUT2D eigenvalue weighted by atomic mass is 10.2. The standard InChI is InChI=1S/C14H8Cl2FN3O2S/c1-6-18-13-7(2-3-23-13)14(22)20(6)19-12(21)8-4-11(17)10(16)5-9(8)15/h2-5H,1H3,(H,19,21). The first-order valence-corrected chi connectivity index (χ1v) is 7.95. The quantitative estimate of drug-likeness (QED) is 0.700. The van der Waals surface area contributed by atoms with Crippen molar-refractivity contribution in [3.8, 4) is 0 Å². The minimum absolute atomic E-state index is 0.0239. The van der Waals surface area contributed by atoms with Gasteiger partial charge in [0.05, 0.1) is 21.0 Å². The maximum atomic E-state index is 13.5. The molecule has 3 rings (SSSR count). The second-order valence-corrected chi connectivity index (χ2v) is 6.34. The molecule has 1 aromatic carbocycles. The zero-order chi connectivity index (χ0) is 16.7. The summed E-state index contributed by atoms with van der Waals surface area (Å²) in [4.78, 5) is 29.5. The predicted molar refractivity (Wildman–Crippen MR) is 88.7 cm³/mol. The lowest BCUT2D eigenvalue weighted by Crippen LogP contribution is -2.35. The number of aromatic nitrogens is 2. The minimum atomic E-state index is -0.781. The SMILES string of the molecule is Cc1nc2sccc2c(=O)n1NC(=O)c1cc(F)c(Cl)cc1Cl. The Labute approximate surface area is 143 Å². The van der Waals surface area contributed by atoms with Crippen LogP contribution in [0.4, 0.5) is 4.39 Å². The first-order chi connectivity index (χ1) is 10.9. The summed E-state index contributed by atoms with van der Waals surface area (Å²) in [5.41, 5.74) is 1.82. The van der Waals surface area contributed by atoms with E-state index in [1.165, 1.54) is 11.3 Å². The fraction of sp³-hybridized carbons (Fsp3) is 0.0714. The Hall–Kier alpha value is -1.96. The van der Waals surface area contributed by atoms with Gasteiger partial charge in [-0.05, 0) is 30.5 Å². The van der Waals surface area contributed by atoms with E-state index in [1.807, 2.05) is 0 Å². The molecule has 0 radical (unpaired) electrons. The third kappa shape index (κ3) is 2.83. The molecule has 0 aliphatic heterocycles. The zero-order valence-corrected chi connectivity index (χ0v) is 13.9. The molecule has 0 saturated heterocycles. The first kappa shape index (κ1) is 15.9. The van der Waals surface area contributed by atoms with Crippen molar-refractivity contribution in [2.24, 2.45) is 0 Å². The fourth-order valence-corrected chi connectivity index (χ4v) is 3.27. The molecular weight excluding hydrogens is 364 g/mol. The van der Waals surface area contributed by atoms with E-state index in [0.717, 1.165) is 16.8 Å². The molecule has 0 aliphatic carbocycles. The number of nitrogens with zero attached hydrogens (tertiary/aromatic N) is 2. The highest BCUT2D eigenvalue weighted by atomic mass is 35.5. The lowest BCUT2D eigenvalue weighted by Gasteiger charge is -2.12. The van der Waals surface area contributed by atoms with Crippen LogP contribution in [-0.2, 0) is 0 Å². The number of hydrogen-bond donors (Lipinski definition) is 1. The van der Waals surface area contributed by atoms with Gasteiger partial charge in [-0.1, -0.05) is 23.2 Å². The molecule has 9 heteroatoms.